The van der Waals surface area contributed by atoms with Crippen LogP contribution in [-0.2, 0) is 4.79 Å². The second-order valence-corrected chi connectivity index (χ2v) is 2.13. The predicted molar refractivity (Wildman–Crippen MR) is 42.0 cm³/mol. The number of hydrogen-bond acceptors (Lipinski definition) is 3. The van der Waals surface area contributed by atoms with E-state index in [1.807, 2.05) is 0 Å². The zero-order valence-electron chi connectivity index (χ0n) is 6.50. The van der Waals surface area contributed by atoms with Gasteiger partial charge in [0.05, 0.1) is 0 Å². The highest BCUT2D eigenvalue weighted by Gasteiger charge is 2.13. The van der Waals surface area contributed by atoms with E-state index in [4.69, 9.17) is 0 Å². The van der Waals surface area contributed by atoms with E-state index >= 15 is 0 Å². The van der Waals surface area contributed by atoms with Crippen molar-refractivity contribution in [1.82, 2.24) is 10.4 Å². The fourth-order valence-electron chi connectivity index (χ4n) is 0.617. The van der Waals surface area contributed by atoms with Crippen molar-refractivity contribution in [3.05, 3.63) is 24.4 Å². The van der Waals surface area contributed by atoms with E-state index in [1.165, 1.54) is 12.3 Å². The molecule has 1 heterocycles. The molecule has 0 saturated heterocycles. The lowest BCUT2D eigenvalue weighted by atomic mass is 10.5. The van der Waals surface area contributed by atoms with Crippen molar-refractivity contribution in [2.24, 2.45) is 0 Å². The van der Waals surface area contributed by atoms with Crippen molar-refractivity contribution in [3.8, 4) is 0 Å². The van der Waals surface area contributed by atoms with Crippen LogP contribution in [-0.4, -0.2) is 17.3 Å². The van der Waals surface area contributed by atoms with E-state index in [9.17, 15) is 13.6 Å². The van der Waals surface area contributed by atoms with Crippen LogP contribution in [0.2, 0.25) is 0 Å². The largest absolute Gasteiger partial charge is 0.317 e. The lowest BCUT2D eigenvalue weighted by molar-refractivity contribution is -0.131. The molecule has 13 heavy (non-hydrogen) atoms. The molecular formula is C7H7F2N3O. The third-order valence-corrected chi connectivity index (χ3v) is 1.18. The molecule has 0 saturated carbocycles. The van der Waals surface area contributed by atoms with Gasteiger partial charge in [0.2, 0.25) is 0 Å². The molecule has 1 aromatic rings. The summed E-state index contributed by atoms with van der Waals surface area (Å²) >= 11 is 0. The van der Waals surface area contributed by atoms with Gasteiger partial charge in [0.1, 0.15) is 5.82 Å². The van der Waals surface area contributed by atoms with E-state index in [1.54, 1.807) is 17.6 Å². The predicted octanol–water partition coefficient (Wildman–Crippen LogP) is 0.790. The Balaban J connectivity index is 2.40. The Bertz CT molecular complexity index is 278. The van der Waals surface area contributed by atoms with Crippen molar-refractivity contribution in [2.75, 3.05) is 5.43 Å². The number of nitrogens with zero attached hydrogens (tertiary/aromatic N) is 1. The van der Waals surface area contributed by atoms with E-state index in [0.29, 0.717) is 5.82 Å². The van der Waals surface area contributed by atoms with Gasteiger partial charge in [0, 0.05) is 6.20 Å². The number of carbonyl (C=O) groups excluding carboxylic acids is 1. The molecule has 0 aliphatic carbocycles. The zero-order chi connectivity index (χ0) is 9.68. The van der Waals surface area contributed by atoms with Gasteiger partial charge in [-0.2, -0.15) is 8.78 Å². The number of rotatable bonds is 3. The number of hydrazine groups is 1. The normalized spacial score (nSPS) is 9.77. The molecule has 0 atom stereocenters. The molecule has 0 fully saturated rings. The van der Waals surface area contributed by atoms with Crippen LogP contribution in [0.4, 0.5) is 14.6 Å². The molecule has 6 heteroatoms. The Morgan fingerprint density at radius 3 is 2.77 bits per heavy atom. The standard InChI is InChI=1S/C7H7F2N3O/c8-6(9)7(13)12-11-5-3-1-2-4-10-5/h1-4,6H,(H,10,11)(H,12,13). The first kappa shape index (κ1) is 9.37. The highest BCUT2D eigenvalue weighted by Crippen LogP contribution is 1.97. The average molecular weight is 187 g/mol. The van der Waals surface area contributed by atoms with Gasteiger partial charge in [-0.1, -0.05) is 6.07 Å². The molecule has 4 nitrogen and oxygen atoms in total. The first-order valence-electron chi connectivity index (χ1n) is 3.45. The van der Waals surface area contributed by atoms with Gasteiger partial charge in [0.15, 0.2) is 0 Å². The summed E-state index contributed by atoms with van der Waals surface area (Å²) < 4.78 is 23.3. The number of pyridine rings is 1. The van der Waals surface area contributed by atoms with E-state index in [-0.39, 0.29) is 0 Å². The summed E-state index contributed by atoms with van der Waals surface area (Å²) in [6.07, 6.45) is -1.56. The smallest absolute Gasteiger partial charge is 0.282 e. The number of halogens is 2. The molecule has 0 aliphatic rings. The van der Waals surface area contributed by atoms with Gasteiger partial charge in [-0.3, -0.25) is 15.6 Å². The van der Waals surface area contributed by atoms with Crippen molar-refractivity contribution in [1.29, 1.82) is 0 Å². The molecule has 0 spiro atoms. The van der Waals surface area contributed by atoms with Crippen LogP contribution >= 0.6 is 0 Å². The number of amides is 1. The third-order valence-electron chi connectivity index (χ3n) is 1.18. The maximum Gasteiger partial charge on any atom is 0.317 e. The number of alkyl halides is 2. The first-order chi connectivity index (χ1) is 6.20. The fourth-order valence-corrected chi connectivity index (χ4v) is 0.617. The van der Waals surface area contributed by atoms with Crippen molar-refractivity contribution < 1.29 is 13.6 Å². The number of hydrogen-bond donors (Lipinski definition) is 2. The van der Waals surface area contributed by atoms with Gasteiger partial charge >= 0.3 is 12.3 Å². The summed E-state index contributed by atoms with van der Waals surface area (Å²) in [4.78, 5) is 14.1. The number of carbonyl (C=O) groups is 1. The summed E-state index contributed by atoms with van der Waals surface area (Å²) in [5.41, 5.74) is 4.03. The zero-order valence-corrected chi connectivity index (χ0v) is 6.50. The van der Waals surface area contributed by atoms with E-state index < -0.39 is 12.3 Å². The topological polar surface area (TPSA) is 54.0 Å². The Morgan fingerprint density at radius 1 is 1.46 bits per heavy atom. The summed E-state index contributed by atoms with van der Waals surface area (Å²) in [5, 5.41) is 0. The van der Waals surface area contributed by atoms with E-state index in [0.717, 1.165) is 0 Å². The number of aromatic nitrogens is 1. The molecule has 0 aliphatic heterocycles. The van der Waals surface area contributed by atoms with Crippen molar-refractivity contribution in [2.45, 2.75) is 6.43 Å². The SMILES string of the molecule is O=C(NNc1ccccn1)C(F)F. The Morgan fingerprint density at radius 2 is 2.23 bits per heavy atom. The Kier molecular flexibility index (Phi) is 3.13. The van der Waals surface area contributed by atoms with Gasteiger partial charge < -0.3 is 0 Å². The summed E-state index contributed by atoms with van der Waals surface area (Å²) in [6, 6.07) is 4.86. The van der Waals surface area contributed by atoms with Gasteiger partial charge in [-0.05, 0) is 12.1 Å². The summed E-state index contributed by atoms with van der Waals surface area (Å²) in [5.74, 6) is -1.08. The first-order valence-corrected chi connectivity index (χ1v) is 3.45. The van der Waals surface area contributed by atoms with Crippen LogP contribution in [0.3, 0.4) is 0 Å². The molecule has 0 unspecified atom stereocenters. The molecule has 70 valence electrons. The molecule has 1 rings (SSSR count). The third kappa shape index (κ3) is 3.02. The van der Waals surface area contributed by atoms with Crippen LogP contribution in [0, 0.1) is 0 Å². The molecule has 2 N–H and O–H groups in total. The Hall–Kier alpha value is -1.72. The quantitative estimate of drug-likeness (QED) is 0.688. The minimum Gasteiger partial charge on any atom is -0.282 e. The van der Waals surface area contributed by atoms with Crippen LogP contribution in [0.15, 0.2) is 24.4 Å². The maximum atomic E-state index is 11.7. The molecule has 0 bridgehead atoms. The van der Waals surface area contributed by atoms with Crippen LogP contribution < -0.4 is 10.9 Å². The fraction of sp³-hybridized carbons (Fsp3) is 0.143. The molecule has 0 radical (unpaired) electrons. The molecule has 0 aromatic carbocycles. The van der Waals surface area contributed by atoms with Gasteiger partial charge in [-0.15, -0.1) is 0 Å². The monoisotopic (exact) mass is 187 g/mol. The number of nitrogens with one attached hydrogen (secondary N) is 2. The van der Waals surface area contributed by atoms with Gasteiger partial charge in [0.25, 0.3) is 0 Å². The highest BCUT2D eigenvalue weighted by molar-refractivity contribution is 5.80. The highest BCUT2D eigenvalue weighted by atomic mass is 19.3. The average Bonchev–Trinajstić information content (AvgIpc) is 2.15. The van der Waals surface area contributed by atoms with E-state index in [2.05, 4.69) is 10.4 Å². The van der Waals surface area contributed by atoms with Crippen molar-refractivity contribution >= 4 is 11.7 Å². The minimum absolute atomic E-state index is 0.302. The second-order valence-electron chi connectivity index (χ2n) is 2.13. The minimum atomic E-state index is -3.03. The molecule has 1 aromatic heterocycles. The number of anilines is 1. The lowest BCUT2D eigenvalue weighted by Gasteiger charge is -2.05. The Labute approximate surface area is 72.9 Å². The van der Waals surface area contributed by atoms with Crippen molar-refractivity contribution in [3.63, 3.8) is 0 Å². The van der Waals surface area contributed by atoms with Crippen LogP contribution in [0.5, 0.6) is 0 Å². The lowest BCUT2D eigenvalue weighted by Crippen LogP contribution is -2.34. The molecule has 1 amide bonds. The second kappa shape index (κ2) is 4.34. The molecular weight excluding hydrogens is 180 g/mol. The summed E-state index contributed by atoms with van der Waals surface area (Å²) in [7, 11) is 0. The van der Waals surface area contributed by atoms with Crippen LogP contribution in [0.25, 0.3) is 0 Å². The maximum absolute atomic E-state index is 11.7. The van der Waals surface area contributed by atoms with Gasteiger partial charge in [-0.25, -0.2) is 4.98 Å². The van der Waals surface area contributed by atoms with Crippen LogP contribution in [0.1, 0.15) is 0 Å². The summed E-state index contributed by atoms with van der Waals surface area (Å²) in [6.45, 7) is 0.